The van der Waals surface area contributed by atoms with Crippen molar-refractivity contribution in [3.05, 3.63) is 95.5 Å². The van der Waals surface area contributed by atoms with Crippen LogP contribution in [0.1, 0.15) is 0 Å². The van der Waals surface area contributed by atoms with E-state index >= 15 is 0 Å². The van der Waals surface area contributed by atoms with Crippen LogP contribution in [0, 0.1) is 0 Å². The Balaban J connectivity index is 1.82. The SMILES string of the molecule is Brc1ccc(-c2cccc3c2oc2c(-c4ccccc4)cccc23)cc1. The normalized spacial score (nSPS) is 11.3. The van der Waals surface area contributed by atoms with Crippen molar-refractivity contribution in [2.45, 2.75) is 0 Å². The maximum atomic E-state index is 6.44. The molecule has 0 atom stereocenters. The standard InChI is InChI=1S/C24H15BrO/c25-18-14-12-17(13-15-18)20-9-5-11-22-21-10-4-8-19(23(21)26-24(20)22)16-6-2-1-3-7-16/h1-15H. The number of benzene rings is 4. The summed E-state index contributed by atoms with van der Waals surface area (Å²) >= 11 is 3.51. The number of para-hydroxylation sites is 2. The lowest BCUT2D eigenvalue weighted by Gasteiger charge is -2.03. The zero-order valence-corrected chi connectivity index (χ0v) is 15.5. The Morgan fingerprint density at radius 3 is 1.62 bits per heavy atom. The van der Waals surface area contributed by atoms with E-state index in [9.17, 15) is 0 Å². The molecule has 0 amide bonds. The Hall–Kier alpha value is -2.84. The van der Waals surface area contributed by atoms with Crippen molar-refractivity contribution in [1.29, 1.82) is 0 Å². The van der Waals surface area contributed by atoms with Gasteiger partial charge in [-0.3, -0.25) is 0 Å². The second kappa shape index (κ2) is 6.15. The summed E-state index contributed by atoms with van der Waals surface area (Å²) in [6.07, 6.45) is 0. The van der Waals surface area contributed by atoms with Gasteiger partial charge in [-0.15, -0.1) is 0 Å². The molecule has 26 heavy (non-hydrogen) atoms. The number of halogens is 1. The van der Waals surface area contributed by atoms with E-state index in [-0.39, 0.29) is 0 Å². The fraction of sp³-hybridized carbons (Fsp3) is 0. The summed E-state index contributed by atoms with van der Waals surface area (Å²) in [6, 6.07) is 31.5. The molecule has 5 aromatic rings. The molecule has 1 nitrogen and oxygen atoms in total. The molecule has 0 saturated heterocycles. The second-order valence-electron chi connectivity index (χ2n) is 6.34. The van der Waals surface area contributed by atoms with Crippen LogP contribution >= 0.6 is 15.9 Å². The number of hydrogen-bond acceptors (Lipinski definition) is 1. The first-order chi connectivity index (χ1) is 12.8. The molecule has 0 aliphatic heterocycles. The van der Waals surface area contributed by atoms with Crippen molar-refractivity contribution in [1.82, 2.24) is 0 Å². The molecule has 0 fully saturated rings. The van der Waals surface area contributed by atoms with Crippen LogP contribution in [0.25, 0.3) is 44.2 Å². The van der Waals surface area contributed by atoms with Gasteiger partial charge in [-0.1, -0.05) is 94.8 Å². The highest BCUT2D eigenvalue weighted by Gasteiger charge is 2.15. The molecule has 124 valence electrons. The van der Waals surface area contributed by atoms with Gasteiger partial charge in [-0.25, -0.2) is 0 Å². The second-order valence-corrected chi connectivity index (χ2v) is 7.26. The van der Waals surface area contributed by atoms with E-state index in [1.54, 1.807) is 0 Å². The van der Waals surface area contributed by atoms with Crippen molar-refractivity contribution < 1.29 is 4.42 Å². The zero-order valence-electron chi connectivity index (χ0n) is 13.9. The van der Waals surface area contributed by atoms with E-state index in [0.29, 0.717) is 0 Å². The van der Waals surface area contributed by atoms with Gasteiger partial charge in [0, 0.05) is 26.4 Å². The van der Waals surface area contributed by atoms with Crippen LogP contribution in [-0.2, 0) is 0 Å². The van der Waals surface area contributed by atoms with E-state index in [2.05, 4.69) is 101 Å². The lowest BCUT2D eigenvalue weighted by atomic mass is 10.0. The van der Waals surface area contributed by atoms with Crippen molar-refractivity contribution in [2.75, 3.05) is 0 Å². The van der Waals surface area contributed by atoms with Crippen molar-refractivity contribution in [3.63, 3.8) is 0 Å². The van der Waals surface area contributed by atoms with Crippen molar-refractivity contribution in [3.8, 4) is 22.3 Å². The molecule has 0 aliphatic rings. The quantitative estimate of drug-likeness (QED) is 0.297. The van der Waals surface area contributed by atoms with Crippen LogP contribution in [0.5, 0.6) is 0 Å². The third-order valence-corrected chi connectivity index (χ3v) is 5.29. The molecule has 0 aliphatic carbocycles. The van der Waals surface area contributed by atoms with Crippen molar-refractivity contribution in [2.24, 2.45) is 0 Å². The molecule has 0 radical (unpaired) electrons. The smallest absolute Gasteiger partial charge is 0.143 e. The third kappa shape index (κ3) is 2.46. The molecule has 0 bridgehead atoms. The average Bonchev–Trinajstić information content (AvgIpc) is 3.08. The summed E-state index contributed by atoms with van der Waals surface area (Å²) in [5, 5.41) is 2.30. The molecule has 0 unspecified atom stereocenters. The molecular formula is C24H15BrO. The average molecular weight is 399 g/mol. The van der Waals surface area contributed by atoms with Gasteiger partial charge in [0.2, 0.25) is 0 Å². The molecule has 0 N–H and O–H groups in total. The number of rotatable bonds is 2. The summed E-state index contributed by atoms with van der Waals surface area (Å²) < 4.78 is 7.52. The summed E-state index contributed by atoms with van der Waals surface area (Å²) in [5.41, 5.74) is 6.44. The monoisotopic (exact) mass is 398 g/mol. The largest absolute Gasteiger partial charge is 0.455 e. The fourth-order valence-electron chi connectivity index (χ4n) is 3.52. The molecule has 5 rings (SSSR count). The highest BCUT2D eigenvalue weighted by molar-refractivity contribution is 9.10. The third-order valence-electron chi connectivity index (χ3n) is 4.76. The number of hydrogen-bond donors (Lipinski definition) is 0. The lowest BCUT2D eigenvalue weighted by molar-refractivity contribution is 0.671. The summed E-state index contributed by atoms with van der Waals surface area (Å²) in [4.78, 5) is 0. The predicted molar refractivity (Wildman–Crippen MR) is 112 cm³/mol. The van der Waals surface area contributed by atoms with Gasteiger partial charge in [0.1, 0.15) is 11.2 Å². The van der Waals surface area contributed by atoms with Gasteiger partial charge in [-0.2, -0.15) is 0 Å². The van der Waals surface area contributed by atoms with E-state index < -0.39 is 0 Å². The summed E-state index contributed by atoms with van der Waals surface area (Å²) in [6.45, 7) is 0. The van der Waals surface area contributed by atoms with Crippen molar-refractivity contribution >= 4 is 37.9 Å². The maximum absolute atomic E-state index is 6.44. The Morgan fingerprint density at radius 2 is 1.04 bits per heavy atom. The molecule has 2 heteroatoms. The van der Waals surface area contributed by atoms with E-state index in [0.717, 1.165) is 43.1 Å². The fourth-order valence-corrected chi connectivity index (χ4v) is 3.79. The molecule has 0 spiro atoms. The van der Waals surface area contributed by atoms with E-state index in [4.69, 9.17) is 4.42 Å². The molecule has 0 saturated carbocycles. The Morgan fingerprint density at radius 1 is 0.500 bits per heavy atom. The lowest BCUT2D eigenvalue weighted by Crippen LogP contribution is -1.78. The molecular weight excluding hydrogens is 384 g/mol. The first-order valence-electron chi connectivity index (χ1n) is 8.57. The van der Waals surface area contributed by atoms with Gasteiger partial charge in [0.25, 0.3) is 0 Å². The molecule has 1 aromatic heterocycles. The molecule has 4 aromatic carbocycles. The van der Waals surface area contributed by atoms with Gasteiger partial charge in [-0.05, 0) is 23.3 Å². The van der Waals surface area contributed by atoms with Crippen LogP contribution in [-0.4, -0.2) is 0 Å². The van der Waals surface area contributed by atoms with Gasteiger partial charge >= 0.3 is 0 Å². The number of fused-ring (bicyclic) bond motifs is 3. The van der Waals surface area contributed by atoms with Crippen LogP contribution in [0.4, 0.5) is 0 Å². The number of furan rings is 1. The van der Waals surface area contributed by atoms with Gasteiger partial charge in [0.05, 0.1) is 0 Å². The van der Waals surface area contributed by atoms with Gasteiger partial charge < -0.3 is 4.42 Å². The Bertz CT molecular complexity index is 1220. The molecule has 1 heterocycles. The van der Waals surface area contributed by atoms with E-state index in [1.807, 2.05) is 6.07 Å². The van der Waals surface area contributed by atoms with Crippen LogP contribution in [0.15, 0.2) is 99.9 Å². The minimum absolute atomic E-state index is 0.938. The Kier molecular flexibility index (Phi) is 3.65. The highest BCUT2D eigenvalue weighted by Crippen LogP contribution is 2.39. The van der Waals surface area contributed by atoms with Crippen LogP contribution in [0.2, 0.25) is 0 Å². The van der Waals surface area contributed by atoms with E-state index in [1.165, 1.54) is 5.56 Å². The van der Waals surface area contributed by atoms with Gasteiger partial charge in [0.15, 0.2) is 0 Å². The van der Waals surface area contributed by atoms with Crippen LogP contribution < -0.4 is 0 Å². The zero-order chi connectivity index (χ0) is 17.5. The first kappa shape index (κ1) is 15.4. The summed E-state index contributed by atoms with van der Waals surface area (Å²) in [7, 11) is 0. The Labute approximate surface area is 160 Å². The topological polar surface area (TPSA) is 13.1 Å². The highest BCUT2D eigenvalue weighted by atomic mass is 79.9. The first-order valence-corrected chi connectivity index (χ1v) is 9.36. The minimum atomic E-state index is 0.938. The van der Waals surface area contributed by atoms with Crippen LogP contribution in [0.3, 0.4) is 0 Å². The summed E-state index contributed by atoms with van der Waals surface area (Å²) in [5.74, 6) is 0. The minimum Gasteiger partial charge on any atom is -0.455 e. The maximum Gasteiger partial charge on any atom is 0.143 e. The predicted octanol–water partition coefficient (Wildman–Crippen LogP) is 7.68.